The average molecular weight is 567 g/mol. The summed E-state index contributed by atoms with van der Waals surface area (Å²) in [5.74, 6) is -0.288. The van der Waals surface area contributed by atoms with Gasteiger partial charge in [-0.25, -0.2) is 9.37 Å². The minimum Gasteiger partial charge on any atom is -0.486 e. The van der Waals surface area contributed by atoms with E-state index in [0.29, 0.717) is 25.1 Å². The van der Waals surface area contributed by atoms with Crippen LogP contribution < -0.4 is 20.1 Å². The van der Waals surface area contributed by atoms with Gasteiger partial charge in [-0.05, 0) is 72.6 Å². The largest absolute Gasteiger partial charge is 0.486 e. The van der Waals surface area contributed by atoms with Crippen LogP contribution in [-0.2, 0) is 0 Å². The predicted molar refractivity (Wildman–Crippen MR) is 148 cm³/mol. The van der Waals surface area contributed by atoms with Crippen LogP contribution in [0.3, 0.4) is 0 Å². The maximum atomic E-state index is 14.7. The molecule has 222 valence electrons. The Labute approximate surface area is 234 Å². The molecule has 3 heterocycles. The Bertz CT molecular complexity index is 1130. The van der Waals surface area contributed by atoms with E-state index in [1.807, 2.05) is 0 Å². The number of hydrogen-bond donors (Lipinski definition) is 3. The quantitative estimate of drug-likeness (QED) is 0.373. The van der Waals surface area contributed by atoms with E-state index >= 15 is 0 Å². The van der Waals surface area contributed by atoms with Crippen LogP contribution in [0.2, 0.25) is 0 Å². The first-order valence-corrected chi connectivity index (χ1v) is 13.7. The number of benzene rings is 1. The molecule has 0 spiro atoms. The molecular weight excluding hydrogens is 525 g/mol. The van der Waals surface area contributed by atoms with Crippen LogP contribution in [0.25, 0.3) is 0 Å². The van der Waals surface area contributed by atoms with Crippen LogP contribution in [0.5, 0.6) is 11.5 Å². The maximum absolute atomic E-state index is 14.7. The zero-order valence-corrected chi connectivity index (χ0v) is 23.9. The average Bonchev–Trinajstić information content (AvgIpc) is 2.87. The normalized spacial score (nSPS) is 20.4. The van der Waals surface area contributed by atoms with E-state index in [0.717, 1.165) is 32.1 Å². The summed E-state index contributed by atoms with van der Waals surface area (Å²) in [6.07, 6.45) is 3.94. The lowest BCUT2D eigenvalue weighted by atomic mass is 9.77. The van der Waals surface area contributed by atoms with Crippen molar-refractivity contribution in [3.63, 3.8) is 0 Å². The number of nitrogens with one attached hydrogen (secondary N) is 2. The molecule has 2 fully saturated rings. The Hall–Kier alpha value is -2.83. The molecule has 0 atom stereocenters. The molecule has 4 rings (SSSR count). The molecule has 1 aromatic carbocycles. The molecule has 1 aromatic heterocycles. The van der Waals surface area contributed by atoms with Crippen molar-refractivity contribution in [2.45, 2.75) is 83.2 Å². The fourth-order valence-electron chi connectivity index (χ4n) is 5.77. The van der Waals surface area contributed by atoms with Gasteiger partial charge in [-0.2, -0.15) is 13.8 Å². The summed E-state index contributed by atoms with van der Waals surface area (Å²) >= 11 is 0. The van der Waals surface area contributed by atoms with Gasteiger partial charge < -0.3 is 30.1 Å². The second-order valence-corrected chi connectivity index (χ2v) is 11.9. The summed E-state index contributed by atoms with van der Waals surface area (Å²) in [6.45, 7) is 7.82. The first-order chi connectivity index (χ1) is 18.9. The molecule has 2 aromatic rings. The van der Waals surface area contributed by atoms with Crippen LogP contribution in [-0.4, -0.2) is 88.0 Å². The van der Waals surface area contributed by atoms with E-state index in [-0.39, 0.29) is 53.1 Å². The molecule has 0 saturated carbocycles. The summed E-state index contributed by atoms with van der Waals surface area (Å²) in [4.78, 5) is 12.8. The van der Waals surface area contributed by atoms with Gasteiger partial charge in [0.2, 0.25) is 5.95 Å². The standard InChI is InChI=1S/C28H41F3N6O3/c1-27(2)15-19(16-28(3,4)36(27)5)33-24-21(29)17-32-26(35-24)34-18-6-7-22(23(14-18)40-25(30)31)39-20-8-10-37(11-9-20)12-13-38/h6-7,14,17,19-20,25,38H,8-13,15-16H2,1-5H3,(H2,32,33,34,35). The zero-order valence-electron chi connectivity index (χ0n) is 23.9. The molecule has 0 bridgehead atoms. The number of aliphatic hydroxyl groups is 1. The summed E-state index contributed by atoms with van der Waals surface area (Å²) in [6, 6.07) is 4.60. The number of ether oxygens (including phenoxy) is 2. The second-order valence-electron chi connectivity index (χ2n) is 11.9. The van der Waals surface area contributed by atoms with E-state index < -0.39 is 12.4 Å². The van der Waals surface area contributed by atoms with Gasteiger partial charge in [0.15, 0.2) is 23.1 Å². The van der Waals surface area contributed by atoms with Gasteiger partial charge in [0.1, 0.15) is 6.10 Å². The third-order valence-electron chi connectivity index (χ3n) is 8.05. The number of aromatic nitrogens is 2. The number of nitrogens with zero attached hydrogens (tertiary/aromatic N) is 4. The smallest absolute Gasteiger partial charge is 0.387 e. The van der Waals surface area contributed by atoms with Gasteiger partial charge in [0.25, 0.3) is 0 Å². The third-order valence-corrected chi connectivity index (χ3v) is 8.05. The van der Waals surface area contributed by atoms with Gasteiger partial charge in [0, 0.05) is 48.5 Å². The van der Waals surface area contributed by atoms with Crippen molar-refractivity contribution >= 4 is 17.5 Å². The molecule has 9 nitrogen and oxygen atoms in total. The topological polar surface area (TPSA) is 95.0 Å². The molecule has 3 N–H and O–H groups in total. The lowest BCUT2D eigenvalue weighted by Gasteiger charge is -2.53. The summed E-state index contributed by atoms with van der Waals surface area (Å²) in [5, 5.41) is 15.3. The van der Waals surface area contributed by atoms with Gasteiger partial charge >= 0.3 is 6.61 Å². The van der Waals surface area contributed by atoms with Gasteiger partial charge in [0.05, 0.1) is 12.8 Å². The van der Waals surface area contributed by atoms with Crippen molar-refractivity contribution in [2.75, 3.05) is 43.9 Å². The molecular formula is C28H41F3N6O3. The minimum atomic E-state index is -3.04. The number of likely N-dealkylation sites (tertiary alicyclic amines) is 2. The first-order valence-electron chi connectivity index (χ1n) is 13.7. The number of β-amino-alcohol motifs (C(OH)–C–C–N with tert-alkyl or cyclic N) is 1. The number of aliphatic hydroxyl groups excluding tert-OH is 1. The molecule has 12 heteroatoms. The van der Waals surface area contributed by atoms with Crippen LogP contribution in [0.1, 0.15) is 53.4 Å². The highest BCUT2D eigenvalue weighted by Gasteiger charge is 2.43. The van der Waals surface area contributed by atoms with Crippen molar-refractivity contribution in [3.05, 3.63) is 30.2 Å². The number of rotatable bonds is 10. The number of alkyl halides is 2. The van der Waals surface area contributed by atoms with Crippen molar-refractivity contribution in [1.29, 1.82) is 0 Å². The van der Waals surface area contributed by atoms with E-state index in [1.165, 1.54) is 6.07 Å². The summed E-state index contributed by atoms with van der Waals surface area (Å²) < 4.78 is 51.9. The predicted octanol–water partition coefficient (Wildman–Crippen LogP) is 4.86. The Balaban J connectivity index is 1.46. The Kier molecular flexibility index (Phi) is 9.31. The van der Waals surface area contributed by atoms with Crippen LogP contribution >= 0.6 is 0 Å². The number of anilines is 3. The Morgan fingerprint density at radius 2 is 1.77 bits per heavy atom. The van der Waals surface area contributed by atoms with E-state index in [1.54, 1.807) is 12.1 Å². The molecule has 0 aliphatic carbocycles. The monoisotopic (exact) mass is 566 g/mol. The van der Waals surface area contributed by atoms with Crippen molar-refractivity contribution in [3.8, 4) is 11.5 Å². The molecule has 2 aliphatic heterocycles. The van der Waals surface area contributed by atoms with E-state index in [9.17, 15) is 13.2 Å². The van der Waals surface area contributed by atoms with E-state index in [2.05, 4.69) is 65.1 Å². The highest BCUT2D eigenvalue weighted by atomic mass is 19.3. The van der Waals surface area contributed by atoms with Crippen molar-refractivity contribution in [1.82, 2.24) is 19.8 Å². The van der Waals surface area contributed by atoms with Gasteiger partial charge in [-0.1, -0.05) is 0 Å². The number of hydrogen-bond acceptors (Lipinski definition) is 9. The SMILES string of the molecule is CN1C(C)(C)CC(Nc2nc(Nc3ccc(OC4CCN(CCO)CC4)c(OC(F)F)c3)ncc2F)CC1(C)C. The number of halogens is 3. The number of piperidine rings is 2. The highest BCUT2D eigenvalue weighted by molar-refractivity contribution is 5.60. The van der Waals surface area contributed by atoms with Gasteiger partial charge in [-0.3, -0.25) is 4.90 Å². The fourth-order valence-corrected chi connectivity index (χ4v) is 5.77. The minimum absolute atomic E-state index is 0.00330. The first kappa shape index (κ1) is 30.1. The molecule has 0 radical (unpaired) electrons. The zero-order chi connectivity index (χ0) is 29.1. The third kappa shape index (κ3) is 7.46. The maximum Gasteiger partial charge on any atom is 0.387 e. The molecule has 2 aliphatic rings. The molecule has 0 amide bonds. The van der Waals surface area contributed by atoms with Crippen LogP contribution in [0.15, 0.2) is 24.4 Å². The molecule has 2 saturated heterocycles. The van der Waals surface area contributed by atoms with Gasteiger partial charge in [-0.15, -0.1) is 0 Å². The second kappa shape index (κ2) is 12.4. The van der Waals surface area contributed by atoms with Crippen LogP contribution in [0.4, 0.5) is 30.6 Å². The van der Waals surface area contributed by atoms with E-state index in [4.69, 9.17) is 14.6 Å². The molecule has 0 unspecified atom stereocenters. The summed E-state index contributed by atoms with van der Waals surface area (Å²) in [5.41, 5.74) is 0.205. The fraction of sp³-hybridized carbons (Fsp3) is 0.643. The van der Waals surface area contributed by atoms with Crippen molar-refractivity contribution in [2.24, 2.45) is 0 Å². The lowest BCUT2D eigenvalue weighted by Crippen LogP contribution is -2.61. The summed E-state index contributed by atoms with van der Waals surface area (Å²) in [7, 11) is 2.10. The Morgan fingerprint density at radius 1 is 1.10 bits per heavy atom. The Morgan fingerprint density at radius 3 is 2.40 bits per heavy atom. The molecule has 40 heavy (non-hydrogen) atoms. The van der Waals surface area contributed by atoms with Crippen LogP contribution in [0, 0.1) is 5.82 Å². The van der Waals surface area contributed by atoms with Crippen molar-refractivity contribution < 1.29 is 27.8 Å². The lowest BCUT2D eigenvalue weighted by molar-refractivity contribution is -0.0524. The highest BCUT2D eigenvalue weighted by Crippen LogP contribution is 2.38.